The van der Waals surface area contributed by atoms with Crippen LogP contribution in [-0.4, -0.2) is 29.7 Å². The number of carboxylic acid groups (broad SMARTS) is 1. The number of urea groups is 1. The van der Waals surface area contributed by atoms with E-state index in [1.54, 1.807) is 14.0 Å². The van der Waals surface area contributed by atoms with Crippen molar-refractivity contribution in [1.82, 2.24) is 5.32 Å². The topological polar surface area (TPSA) is 69.6 Å². The van der Waals surface area contributed by atoms with Gasteiger partial charge in [0, 0.05) is 12.7 Å². The summed E-state index contributed by atoms with van der Waals surface area (Å²) in [4.78, 5) is 24.8. The molecule has 0 fully saturated rings. The molecule has 1 atom stereocenters. The number of amides is 2. The minimum Gasteiger partial charge on any atom is -0.480 e. The number of hydrogen-bond donors (Lipinski definition) is 2. The van der Waals surface area contributed by atoms with Gasteiger partial charge < -0.3 is 10.4 Å². The minimum atomic E-state index is -1.26. The van der Waals surface area contributed by atoms with E-state index in [-0.39, 0.29) is 0 Å². The maximum Gasteiger partial charge on any atom is 0.329 e. The van der Waals surface area contributed by atoms with Crippen LogP contribution >= 0.6 is 0 Å². The van der Waals surface area contributed by atoms with E-state index in [0.29, 0.717) is 6.42 Å². The number of nitrogens with one attached hydrogen (secondary N) is 1. The second kappa shape index (κ2) is 5.94. The highest BCUT2D eigenvalue weighted by Gasteiger charge is 2.33. The molecule has 0 heterocycles. The van der Waals surface area contributed by atoms with Crippen molar-refractivity contribution >= 4 is 17.7 Å². The van der Waals surface area contributed by atoms with Crippen molar-refractivity contribution in [2.75, 3.05) is 11.9 Å². The highest BCUT2D eigenvalue weighted by molar-refractivity contribution is 5.95. The summed E-state index contributed by atoms with van der Waals surface area (Å²) in [5.41, 5.74) is 1.58. The summed E-state index contributed by atoms with van der Waals surface area (Å²) in [5.74, 6) is -1.04. The number of nitrogens with zero attached hydrogens (tertiary/aromatic N) is 1. The Morgan fingerprint density at radius 1 is 1.25 bits per heavy atom. The summed E-state index contributed by atoms with van der Waals surface area (Å²) in [6, 6.07) is 5.36. The molecule has 0 radical (unpaired) electrons. The number of hydrogen-bond acceptors (Lipinski definition) is 2. The fourth-order valence-corrected chi connectivity index (χ4v) is 1.87. The lowest BCUT2D eigenvalue weighted by Crippen LogP contribution is -2.55. The van der Waals surface area contributed by atoms with Gasteiger partial charge in [0.25, 0.3) is 0 Å². The van der Waals surface area contributed by atoms with Gasteiger partial charge in [0.15, 0.2) is 0 Å². The molecule has 5 heteroatoms. The van der Waals surface area contributed by atoms with Crippen LogP contribution in [0, 0.1) is 13.8 Å². The van der Waals surface area contributed by atoms with Gasteiger partial charge in [0.05, 0.1) is 0 Å². The molecule has 1 aromatic rings. The molecule has 0 aliphatic heterocycles. The van der Waals surface area contributed by atoms with Gasteiger partial charge in [-0.1, -0.05) is 13.0 Å². The third-order valence-corrected chi connectivity index (χ3v) is 3.46. The van der Waals surface area contributed by atoms with Gasteiger partial charge in [0.1, 0.15) is 5.54 Å². The summed E-state index contributed by atoms with van der Waals surface area (Å²) in [7, 11) is 1.63. The Balaban J connectivity index is 2.94. The van der Waals surface area contributed by atoms with E-state index in [9.17, 15) is 14.7 Å². The van der Waals surface area contributed by atoms with Gasteiger partial charge >= 0.3 is 12.0 Å². The molecule has 0 saturated carbocycles. The Morgan fingerprint density at radius 2 is 1.75 bits per heavy atom. The van der Waals surface area contributed by atoms with E-state index in [2.05, 4.69) is 5.32 Å². The molecule has 2 N–H and O–H groups in total. The van der Waals surface area contributed by atoms with E-state index in [1.807, 2.05) is 32.0 Å². The maximum atomic E-state index is 12.2. The highest BCUT2D eigenvalue weighted by atomic mass is 16.4. The zero-order valence-corrected chi connectivity index (χ0v) is 12.7. The van der Waals surface area contributed by atoms with E-state index in [0.717, 1.165) is 16.8 Å². The van der Waals surface area contributed by atoms with Crippen LogP contribution in [0.3, 0.4) is 0 Å². The van der Waals surface area contributed by atoms with Crippen LogP contribution in [0.1, 0.15) is 31.4 Å². The number of carboxylic acids is 1. The van der Waals surface area contributed by atoms with Gasteiger partial charge in [-0.25, -0.2) is 9.59 Å². The van der Waals surface area contributed by atoms with Crippen LogP contribution in [0.25, 0.3) is 0 Å². The first-order valence-electron chi connectivity index (χ1n) is 6.57. The summed E-state index contributed by atoms with van der Waals surface area (Å²) >= 11 is 0. The van der Waals surface area contributed by atoms with Crippen molar-refractivity contribution in [3.63, 3.8) is 0 Å². The summed E-state index contributed by atoms with van der Waals surface area (Å²) < 4.78 is 0. The van der Waals surface area contributed by atoms with Gasteiger partial charge in [-0.3, -0.25) is 4.90 Å². The number of carbonyl (C=O) groups excluding carboxylic acids is 1. The van der Waals surface area contributed by atoms with Crippen molar-refractivity contribution in [2.45, 2.75) is 39.7 Å². The average molecular weight is 278 g/mol. The van der Waals surface area contributed by atoms with Crippen LogP contribution in [0.15, 0.2) is 18.2 Å². The molecular formula is C15H22N2O3. The van der Waals surface area contributed by atoms with Gasteiger partial charge in [-0.15, -0.1) is 0 Å². The molecule has 0 aliphatic carbocycles. The highest BCUT2D eigenvalue weighted by Crippen LogP contribution is 2.18. The summed E-state index contributed by atoms with van der Waals surface area (Å²) in [6.45, 7) is 7.14. The normalized spacial score (nSPS) is 13.4. The molecule has 0 spiro atoms. The lowest BCUT2D eigenvalue weighted by Gasteiger charge is -2.28. The van der Waals surface area contributed by atoms with Crippen LogP contribution in [-0.2, 0) is 4.79 Å². The second-order valence-electron chi connectivity index (χ2n) is 5.33. The number of aliphatic carboxylic acids is 1. The van der Waals surface area contributed by atoms with Crippen molar-refractivity contribution in [3.8, 4) is 0 Å². The van der Waals surface area contributed by atoms with Crippen LogP contribution in [0.2, 0.25) is 0 Å². The molecule has 0 bridgehead atoms. The van der Waals surface area contributed by atoms with Crippen LogP contribution < -0.4 is 10.2 Å². The predicted molar refractivity (Wildman–Crippen MR) is 79.2 cm³/mol. The molecule has 110 valence electrons. The fourth-order valence-electron chi connectivity index (χ4n) is 1.87. The zero-order chi connectivity index (χ0) is 15.5. The zero-order valence-electron chi connectivity index (χ0n) is 12.7. The predicted octanol–water partition coefficient (Wildman–Crippen LogP) is 2.70. The molecule has 1 aromatic carbocycles. The first-order chi connectivity index (χ1) is 9.19. The Kier molecular flexibility index (Phi) is 4.76. The number of benzene rings is 1. The smallest absolute Gasteiger partial charge is 0.329 e. The quantitative estimate of drug-likeness (QED) is 0.889. The second-order valence-corrected chi connectivity index (χ2v) is 5.33. The van der Waals surface area contributed by atoms with Gasteiger partial charge in [0.2, 0.25) is 0 Å². The Hall–Kier alpha value is -2.04. The third kappa shape index (κ3) is 3.50. The Morgan fingerprint density at radius 3 is 2.15 bits per heavy atom. The van der Waals surface area contributed by atoms with E-state index < -0.39 is 17.5 Å². The van der Waals surface area contributed by atoms with E-state index >= 15 is 0 Å². The Labute approximate surface area is 119 Å². The lowest BCUT2D eigenvalue weighted by molar-refractivity contribution is -0.143. The van der Waals surface area contributed by atoms with Gasteiger partial charge in [-0.05, 0) is 50.5 Å². The van der Waals surface area contributed by atoms with Crippen LogP contribution in [0.4, 0.5) is 10.5 Å². The molecule has 1 unspecified atom stereocenters. The molecular weight excluding hydrogens is 256 g/mol. The molecule has 0 aromatic heterocycles. The van der Waals surface area contributed by atoms with Crippen molar-refractivity contribution < 1.29 is 14.7 Å². The first-order valence-corrected chi connectivity index (χ1v) is 6.57. The van der Waals surface area contributed by atoms with E-state index in [4.69, 9.17) is 0 Å². The molecule has 0 aliphatic rings. The number of carbonyl (C=O) groups is 2. The van der Waals surface area contributed by atoms with E-state index in [1.165, 1.54) is 11.8 Å². The molecule has 2 amide bonds. The first kappa shape index (κ1) is 16.0. The summed E-state index contributed by atoms with van der Waals surface area (Å²) in [6.07, 6.45) is 0.314. The number of aryl methyl sites for hydroxylation is 2. The molecule has 5 nitrogen and oxygen atoms in total. The molecule has 20 heavy (non-hydrogen) atoms. The molecule has 0 saturated heterocycles. The number of rotatable bonds is 4. The van der Waals surface area contributed by atoms with Gasteiger partial charge in [-0.2, -0.15) is 0 Å². The lowest BCUT2D eigenvalue weighted by atomic mass is 10.00. The standard InChI is InChI=1S/C15H22N2O3/c1-6-15(4,13(18)19)16-14(20)17(5)12-8-10(2)7-11(3)9-12/h7-9H,6H2,1-5H3,(H,16,20)(H,18,19). The fraction of sp³-hybridized carbons (Fsp3) is 0.467. The SMILES string of the molecule is CCC(C)(NC(=O)N(C)c1cc(C)cc(C)c1)C(=O)O. The van der Waals surface area contributed by atoms with Crippen molar-refractivity contribution in [1.29, 1.82) is 0 Å². The summed E-state index contributed by atoms with van der Waals surface area (Å²) in [5, 5.41) is 11.8. The maximum absolute atomic E-state index is 12.2. The number of anilines is 1. The third-order valence-electron chi connectivity index (χ3n) is 3.46. The van der Waals surface area contributed by atoms with Crippen molar-refractivity contribution in [3.05, 3.63) is 29.3 Å². The Bertz CT molecular complexity index is 508. The van der Waals surface area contributed by atoms with Crippen molar-refractivity contribution in [2.24, 2.45) is 0 Å². The minimum absolute atomic E-state index is 0.314. The van der Waals surface area contributed by atoms with Crippen LogP contribution in [0.5, 0.6) is 0 Å². The monoisotopic (exact) mass is 278 g/mol. The molecule has 1 rings (SSSR count). The average Bonchev–Trinajstić information content (AvgIpc) is 2.36. The largest absolute Gasteiger partial charge is 0.480 e.